The lowest BCUT2D eigenvalue weighted by Crippen LogP contribution is -2.47. The molecular weight excluding hydrogens is 330 g/mol. The molecule has 2 unspecified atom stereocenters. The minimum Gasteiger partial charge on any atom is -0.339 e. The third-order valence-electron chi connectivity index (χ3n) is 5.55. The number of carbonyl (C=O) groups is 1. The quantitative estimate of drug-likeness (QED) is 0.833. The lowest BCUT2D eigenvalue weighted by molar-refractivity contribution is -0.139. The Kier molecular flexibility index (Phi) is 4.84. The number of amides is 1. The van der Waals surface area contributed by atoms with Gasteiger partial charge in [-0.05, 0) is 57.1 Å². The number of nitrogens with zero attached hydrogens (tertiary/aromatic N) is 3. The van der Waals surface area contributed by atoms with E-state index in [2.05, 4.69) is 16.8 Å². The maximum Gasteiger partial charge on any atom is 0.226 e. The summed E-state index contributed by atoms with van der Waals surface area (Å²) >= 11 is 1.72. The fraction of sp³-hybridized carbons (Fsp3) is 0.550. The van der Waals surface area contributed by atoms with Gasteiger partial charge in [0.2, 0.25) is 5.91 Å². The summed E-state index contributed by atoms with van der Waals surface area (Å²) in [6.45, 7) is 3.15. The molecule has 132 valence electrons. The summed E-state index contributed by atoms with van der Waals surface area (Å²) in [5.41, 5.74) is 2.12. The zero-order valence-electron chi connectivity index (χ0n) is 14.8. The van der Waals surface area contributed by atoms with Crippen LogP contribution in [0.15, 0.2) is 24.4 Å². The normalized spacial score (nSPS) is 23.3. The average molecular weight is 356 g/mol. The number of piperidine rings is 1. The van der Waals surface area contributed by atoms with E-state index in [-0.39, 0.29) is 5.92 Å². The Morgan fingerprint density at radius 1 is 1.32 bits per heavy atom. The van der Waals surface area contributed by atoms with E-state index in [0.29, 0.717) is 11.9 Å². The third kappa shape index (κ3) is 3.34. The Hall–Kier alpha value is -1.75. The smallest absolute Gasteiger partial charge is 0.226 e. The molecular formula is C20H25N3OS. The second-order valence-corrected chi connectivity index (χ2v) is 8.22. The maximum absolute atomic E-state index is 13.1. The van der Waals surface area contributed by atoms with E-state index < -0.39 is 0 Å². The molecule has 1 fully saturated rings. The van der Waals surface area contributed by atoms with Crippen LogP contribution in [0.2, 0.25) is 0 Å². The first-order valence-electron chi connectivity index (χ1n) is 9.46. The first-order chi connectivity index (χ1) is 12.3. The van der Waals surface area contributed by atoms with Crippen molar-refractivity contribution in [2.24, 2.45) is 5.92 Å². The summed E-state index contributed by atoms with van der Waals surface area (Å²) in [5, 5.41) is 0.989. The Morgan fingerprint density at radius 2 is 2.24 bits per heavy atom. The number of hydrogen-bond acceptors (Lipinski definition) is 4. The van der Waals surface area contributed by atoms with Gasteiger partial charge in [-0.2, -0.15) is 0 Å². The van der Waals surface area contributed by atoms with E-state index in [1.165, 1.54) is 23.4 Å². The maximum atomic E-state index is 13.1. The van der Waals surface area contributed by atoms with Crippen LogP contribution in [0.4, 0.5) is 0 Å². The van der Waals surface area contributed by atoms with Crippen molar-refractivity contribution in [1.82, 2.24) is 14.9 Å². The summed E-state index contributed by atoms with van der Waals surface area (Å²) in [5.74, 6) is 0.515. The van der Waals surface area contributed by atoms with Crippen LogP contribution in [0.25, 0.3) is 10.7 Å². The van der Waals surface area contributed by atoms with Gasteiger partial charge in [-0.25, -0.2) is 4.98 Å². The number of rotatable bonds is 3. The topological polar surface area (TPSA) is 46.1 Å². The van der Waals surface area contributed by atoms with Gasteiger partial charge >= 0.3 is 0 Å². The van der Waals surface area contributed by atoms with Gasteiger partial charge in [-0.3, -0.25) is 9.78 Å². The molecule has 1 amide bonds. The number of aromatic nitrogens is 2. The van der Waals surface area contributed by atoms with E-state index in [0.717, 1.165) is 49.4 Å². The van der Waals surface area contributed by atoms with Gasteiger partial charge in [-0.15, -0.1) is 11.3 Å². The van der Waals surface area contributed by atoms with Crippen molar-refractivity contribution in [1.29, 1.82) is 0 Å². The highest BCUT2D eigenvalue weighted by Gasteiger charge is 2.34. The molecule has 0 bridgehead atoms. The van der Waals surface area contributed by atoms with Crippen molar-refractivity contribution in [2.45, 2.75) is 57.9 Å². The lowest BCUT2D eigenvalue weighted by atomic mass is 9.88. The van der Waals surface area contributed by atoms with Crippen LogP contribution in [0.3, 0.4) is 0 Å². The van der Waals surface area contributed by atoms with Gasteiger partial charge in [0.15, 0.2) is 0 Å². The van der Waals surface area contributed by atoms with E-state index in [9.17, 15) is 4.79 Å². The highest BCUT2D eigenvalue weighted by Crippen LogP contribution is 2.35. The highest BCUT2D eigenvalue weighted by molar-refractivity contribution is 7.15. The Bertz CT molecular complexity index is 743. The van der Waals surface area contributed by atoms with Gasteiger partial charge in [0, 0.05) is 29.6 Å². The standard InChI is InChI=1S/C20H25N3OS/c1-2-15-7-4-6-12-23(15)20(24)14-9-10-16-18(13-14)25-19(22-16)17-8-3-5-11-21-17/h3,5,8,11,14-15H,2,4,6-7,9-10,12-13H2,1H3. The van der Waals surface area contributed by atoms with Crippen molar-refractivity contribution in [3.05, 3.63) is 35.0 Å². The molecule has 3 heterocycles. The first kappa shape index (κ1) is 16.7. The first-order valence-corrected chi connectivity index (χ1v) is 10.3. The van der Waals surface area contributed by atoms with E-state index in [4.69, 9.17) is 4.98 Å². The summed E-state index contributed by atoms with van der Waals surface area (Å²) in [6.07, 6.45) is 9.18. The van der Waals surface area contributed by atoms with Crippen LogP contribution in [0.1, 0.15) is 49.6 Å². The molecule has 2 atom stereocenters. The van der Waals surface area contributed by atoms with Crippen LogP contribution in [0, 0.1) is 5.92 Å². The van der Waals surface area contributed by atoms with Crippen LogP contribution in [-0.4, -0.2) is 33.4 Å². The fourth-order valence-corrected chi connectivity index (χ4v) is 5.30. The van der Waals surface area contributed by atoms with Crippen molar-refractivity contribution < 1.29 is 4.79 Å². The molecule has 1 aliphatic carbocycles. The molecule has 2 aliphatic rings. The second kappa shape index (κ2) is 7.24. The molecule has 0 spiro atoms. The number of thiazole rings is 1. The lowest BCUT2D eigenvalue weighted by Gasteiger charge is -2.38. The van der Waals surface area contributed by atoms with Crippen LogP contribution in [0.5, 0.6) is 0 Å². The number of hydrogen-bond donors (Lipinski definition) is 0. The minimum atomic E-state index is 0.136. The Balaban J connectivity index is 1.51. The minimum absolute atomic E-state index is 0.136. The van der Waals surface area contributed by atoms with Crippen LogP contribution in [-0.2, 0) is 17.6 Å². The second-order valence-electron chi connectivity index (χ2n) is 7.13. The zero-order chi connectivity index (χ0) is 17.2. The van der Waals surface area contributed by atoms with Crippen LogP contribution >= 0.6 is 11.3 Å². The summed E-state index contributed by atoms with van der Waals surface area (Å²) in [7, 11) is 0. The Morgan fingerprint density at radius 3 is 3.04 bits per heavy atom. The number of pyridine rings is 1. The van der Waals surface area contributed by atoms with Crippen molar-refractivity contribution in [2.75, 3.05) is 6.54 Å². The number of fused-ring (bicyclic) bond motifs is 1. The third-order valence-corrected chi connectivity index (χ3v) is 6.70. The molecule has 0 aromatic carbocycles. The molecule has 4 nitrogen and oxygen atoms in total. The monoisotopic (exact) mass is 355 g/mol. The predicted octanol–water partition coefficient (Wildman–Crippen LogP) is 4.10. The van der Waals surface area contributed by atoms with Crippen molar-refractivity contribution >= 4 is 17.2 Å². The summed E-state index contributed by atoms with van der Waals surface area (Å²) in [6, 6.07) is 6.38. The van der Waals surface area contributed by atoms with Crippen molar-refractivity contribution in [3.8, 4) is 10.7 Å². The van der Waals surface area contributed by atoms with Gasteiger partial charge < -0.3 is 4.90 Å². The average Bonchev–Trinajstić information content (AvgIpc) is 3.11. The van der Waals surface area contributed by atoms with E-state index in [1.807, 2.05) is 24.4 Å². The molecule has 0 radical (unpaired) electrons. The Labute approximate surface area is 153 Å². The SMILES string of the molecule is CCC1CCCCN1C(=O)C1CCc2nc(-c3ccccn3)sc2C1. The molecule has 25 heavy (non-hydrogen) atoms. The predicted molar refractivity (Wildman–Crippen MR) is 101 cm³/mol. The number of carbonyl (C=O) groups excluding carboxylic acids is 1. The zero-order valence-corrected chi connectivity index (χ0v) is 15.6. The van der Waals surface area contributed by atoms with E-state index in [1.54, 1.807) is 11.3 Å². The molecule has 5 heteroatoms. The molecule has 1 aliphatic heterocycles. The summed E-state index contributed by atoms with van der Waals surface area (Å²) < 4.78 is 0. The van der Waals surface area contributed by atoms with Gasteiger partial charge in [0.05, 0.1) is 11.4 Å². The molecule has 0 saturated carbocycles. The van der Waals surface area contributed by atoms with Gasteiger partial charge in [-0.1, -0.05) is 13.0 Å². The molecule has 0 N–H and O–H groups in total. The molecule has 1 saturated heterocycles. The molecule has 2 aromatic heterocycles. The van der Waals surface area contributed by atoms with Crippen LogP contribution < -0.4 is 0 Å². The van der Waals surface area contributed by atoms with Crippen molar-refractivity contribution in [3.63, 3.8) is 0 Å². The summed E-state index contributed by atoms with van der Waals surface area (Å²) in [4.78, 5) is 25.8. The number of likely N-dealkylation sites (tertiary alicyclic amines) is 1. The van der Waals surface area contributed by atoms with Gasteiger partial charge in [0.1, 0.15) is 5.01 Å². The highest BCUT2D eigenvalue weighted by atomic mass is 32.1. The fourth-order valence-electron chi connectivity index (χ4n) is 4.13. The largest absolute Gasteiger partial charge is 0.339 e. The molecule has 2 aromatic rings. The molecule has 4 rings (SSSR count). The van der Waals surface area contributed by atoms with Gasteiger partial charge in [0.25, 0.3) is 0 Å². The number of aryl methyl sites for hydroxylation is 1. The van der Waals surface area contributed by atoms with E-state index >= 15 is 0 Å².